The lowest BCUT2D eigenvalue weighted by Gasteiger charge is -2.34. The van der Waals surface area contributed by atoms with E-state index in [-0.39, 0.29) is 18.2 Å². The van der Waals surface area contributed by atoms with E-state index in [1.807, 2.05) is 46.1 Å². The summed E-state index contributed by atoms with van der Waals surface area (Å²) in [6.45, 7) is 2.87. The zero-order valence-electron chi connectivity index (χ0n) is 14.0. The second-order valence-corrected chi connectivity index (χ2v) is 6.44. The Morgan fingerprint density at radius 3 is 3.12 bits per heavy atom. The van der Waals surface area contributed by atoms with Crippen LogP contribution in [0.1, 0.15) is 5.56 Å². The van der Waals surface area contributed by atoms with Gasteiger partial charge < -0.3 is 19.7 Å². The van der Waals surface area contributed by atoms with Gasteiger partial charge in [0.1, 0.15) is 12.4 Å². The van der Waals surface area contributed by atoms with Crippen molar-refractivity contribution in [3.05, 3.63) is 48.3 Å². The molecule has 132 valence electrons. The van der Waals surface area contributed by atoms with Gasteiger partial charge in [0, 0.05) is 18.9 Å². The summed E-state index contributed by atoms with van der Waals surface area (Å²) >= 11 is 0. The number of nitrogens with zero attached hydrogens (tertiary/aromatic N) is 3. The predicted octanol–water partition coefficient (Wildman–Crippen LogP) is 1.30. The van der Waals surface area contributed by atoms with Gasteiger partial charge in [0.2, 0.25) is 0 Å². The molecule has 1 saturated heterocycles. The first-order valence-electron chi connectivity index (χ1n) is 8.63. The van der Waals surface area contributed by atoms with Crippen molar-refractivity contribution in [1.29, 1.82) is 0 Å². The molecule has 2 unspecified atom stereocenters. The highest BCUT2D eigenvalue weighted by molar-refractivity contribution is 5.74. The fourth-order valence-corrected chi connectivity index (χ4v) is 3.32. The quantitative estimate of drug-likeness (QED) is 0.913. The molecule has 1 aromatic carbocycles. The maximum Gasteiger partial charge on any atom is 0.317 e. The van der Waals surface area contributed by atoms with Crippen LogP contribution < -0.4 is 10.1 Å². The van der Waals surface area contributed by atoms with Gasteiger partial charge in [-0.15, -0.1) is 0 Å². The van der Waals surface area contributed by atoms with Gasteiger partial charge in [-0.3, -0.25) is 4.68 Å². The lowest BCUT2D eigenvalue weighted by Crippen LogP contribution is -2.54. The predicted molar refractivity (Wildman–Crippen MR) is 91.5 cm³/mol. The molecule has 7 nitrogen and oxygen atoms in total. The molecule has 0 spiro atoms. The first kappa shape index (κ1) is 16.0. The van der Waals surface area contributed by atoms with Crippen LogP contribution in [0, 0.1) is 0 Å². The molecule has 2 amide bonds. The van der Waals surface area contributed by atoms with Gasteiger partial charge in [-0.05, 0) is 24.1 Å². The van der Waals surface area contributed by atoms with Crippen molar-refractivity contribution in [3.8, 4) is 5.75 Å². The van der Waals surface area contributed by atoms with E-state index in [1.54, 1.807) is 6.20 Å². The third-order valence-electron chi connectivity index (χ3n) is 4.58. The van der Waals surface area contributed by atoms with Gasteiger partial charge in [-0.25, -0.2) is 4.79 Å². The van der Waals surface area contributed by atoms with Crippen LogP contribution in [0.15, 0.2) is 42.7 Å². The number of rotatable bonds is 3. The van der Waals surface area contributed by atoms with E-state index in [9.17, 15) is 4.79 Å². The van der Waals surface area contributed by atoms with Crippen LogP contribution in [-0.2, 0) is 17.7 Å². The highest BCUT2D eigenvalue weighted by Crippen LogP contribution is 2.24. The molecule has 2 aliphatic heterocycles. The van der Waals surface area contributed by atoms with Crippen molar-refractivity contribution < 1.29 is 14.3 Å². The number of nitrogens with one attached hydrogen (secondary N) is 1. The number of morpholine rings is 1. The maximum atomic E-state index is 12.6. The second kappa shape index (κ2) is 7.14. The minimum absolute atomic E-state index is 0.00481. The van der Waals surface area contributed by atoms with E-state index in [1.165, 1.54) is 0 Å². The smallest absolute Gasteiger partial charge is 0.317 e. The Morgan fingerprint density at radius 2 is 2.24 bits per heavy atom. The van der Waals surface area contributed by atoms with Crippen molar-refractivity contribution in [3.63, 3.8) is 0 Å². The van der Waals surface area contributed by atoms with E-state index < -0.39 is 0 Å². The number of carbonyl (C=O) groups excluding carboxylic acids is 1. The molecule has 0 saturated carbocycles. The number of benzene rings is 1. The van der Waals surface area contributed by atoms with E-state index >= 15 is 0 Å². The monoisotopic (exact) mass is 342 g/mol. The molecule has 1 N–H and O–H groups in total. The molecule has 1 fully saturated rings. The molecule has 2 atom stereocenters. The zero-order chi connectivity index (χ0) is 17.1. The third kappa shape index (κ3) is 3.76. The molecule has 0 bridgehead atoms. The van der Waals surface area contributed by atoms with Crippen LogP contribution in [0.25, 0.3) is 0 Å². The number of hydrogen-bond acceptors (Lipinski definition) is 4. The van der Waals surface area contributed by atoms with Gasteiger partial charge in [0.25, 0.3) is 0 Å². The molecule has 3 heterocycles. The number of para-hydroxylation sites is 1. The molecule has 0 aliphatic carbocycles. The molecular formula is C18H22N4O3. The maximum absolute atomic E-state index is 12.6. The van der Waals surface area contributed by atoms with Crippen LogP contribution in [0.3, 0.4) is 0 Å². The summed E-state index contributed by atoms with van der Waals surface area (Å²) < 4.78 is 13.3. The summed E-state index contributed by atoms with van der Waals surface area (Å²) in [4.78, 5) is 14.4. The summed E-state index contributed by atoms with van der Waals surface area (Å²) in [5.41, 5.74) is 1.14. The van der Waals surface area contributed by atoms with Gasteiger partial charge in [-0.2, -0.15) is 5.10 Å². The minimum Gasteiger partial charge on any atom is -0.491 e. The van der Waals surface area contributed by atoms with Crippen molar-refractivity contribution >= 4 is 6.03 Å². The number of ether oxygens (including phenoxy) is 2. The standard InChI is InChI=1S/C18H22N4O3/c23-18(20-15-10-14-4-1-2-5-17(14)25-13-15)21-8-9-24-16(11-21)12-22-7-3-6-19-22/h1-7,15-16H,8-13H2,(H,20,23). The highest BCUT2D eigenvalue weighted by Gasteiger charge is 2.27. The molecule has 2 aromatic rings. The normalized spacial score (nSPS) is 22.8. The van der Waals surface area contributed by atoms with Crippen LogP contribution >= 0.6 is 0 Å². The fraction of sp³-hybridized carbons (Fsp3) is 0.444. The Kier molecular flexibility index (Phi) is 4.56. The van der Waals surface area contributed by atoms with Crippen molar-refractivity contribution in [2.45, 2.75) is 25.1 Å². The van der Waals surface area contributed by atoms with E-state index in [2.05, 4.69) is 10.4 Å². The summed E-state index contributed by atoms with van der Waals surface area (Å²) in [7, 11) is 0. The number of aromatic nitrogens is 2. The second-order valence-electron chi connectivity index (χ2n) is 6.44. The highest BCUT2D eigenvalue weighted by atomic mass is 16.5. The zero-order valence-corrected chi connectivity index (χ0v) is 14.0. The number of carbonyl (C=O) groups is 1. The minimum atomic E-state index is -0.0539. The molecule has 4 rings (SSSR count). The summed E-state index contributed by atoms with van der Waals surface area (Å²) in [5.74, 6) is 0.915. The van der Waals surface area contributed by atoms with E-state index in [4.69, 9.17) is 9.47 Å². The van der Waals surface area contributed by atoms with Gasteiger partial charge in [0.15, 0.2) is 0 Å². The van der Waals surface area contributed by atoms with Gasteiger partial charge in [-0.1, -0.05) is 18.2 Å². The molecule has 7 heteroatoms. The van der Waals surface area contributed by atoms with Gasteiger partial charge in [0.05, 0.1) is 31.8 Å². The number of urea groups is 1. The SMILES string of the molecule is O=C(NC1COc2ccccc2C1)N1CCOC(Cn2cccn2)C1. The molecular weight excluding hydrogens is 320 g/mol. The number of fused-ring (bicyclic) bond motifs is 1. The Balaban J connectivity index is 1.32. The Morgan fingerprint density at radius 1 is 1.32 bits per heavy atom. The van der Waals surface area contributed by atoms with E-state index in [0.717, 1.165) is 17.7 Å². The number of amides is 2. The molecule has 0 radical (unpaired) electrons. The molecule has 25 heavy (non-hydrogen) atoms. The van der Waals surface area contributed by atoms with Crippen molar-refractivity contribution in [1.82, 2.24) is 20.0 Å². The topological polar surface area (TPSA) is 68.6 Å². The Hall–Kier alpha value is -2.54. The third-order valence-corrected chi connectivity index (χ3v) is 4.58. The van der Waals surface area contributed by atoms with E-state index in [0.29, 0.717) is 32.8 Å². The van der Waals surface area contributed by atoms with Gasteiger partial charge >= 0.3 is 6.03 Å². The summed E-state index contributed by atoms with van der Waals surface area (Å²) in [6, 6.07) is 9.79. The summed E-state index contributed by atoms with van der Waals surface area (Å²) in [6.07, 6.45) is 4.40. The average Bonchev–Trinajstić information content (AvgIpc) is 3.15. The first-order valence-corrected chi connectivity index (χ1v) is 8.63. The first-order chi connectivity index (χ1) is 12.3. The van der Waals surface area contributed by atoms with Crippen LogP contribution in [0.4, 0.5) is 4.79 Å². The Labute approximate surface area is 146 Å². The fourth-order valence-electron chi connectivity index (χ4n) is 3.32. The summed E-state index contributed by atoms with van der Waals surface area (Å²) in [5, 5.41) is 7.29. The Bertz CT molecular complexity index is 719. The lowest BCUT2D eigenvalue weighted by molar-refractivity contribution is -0.0242. The average molecular weight is 342 g/mol. The molecule has 1 aromatic heterocycles. The van der Waals surface area contributed by atoms with Crippen molar-refractivity contribution in [2.75, 3.05) is 26.3 Å². The molecule has 2 aliphatic rings. The van der Waals surface area contributed by atoms with Crippen molar-refractivity contribution in [2.24, 2.45) is 0 Å². The van der Waals surface area contributed by atoms with Crippen LogP contribution in [0.2, 0.25) is 0 Å². The largest absolute Gasteiger partial charge is 0.491 e. The van der Waals surface area contributed by atoms with Crippen LogP contribution in [-0.4, -0.2) is 59.2 Å². The van der Waals surface area contributed by atoms with Crippen LogP contribution in [0.5, 0.6) is 5.75 Å². The lowest BCUT2D eigenvalue weighted by atomic mass is 10.0. The number of hydrogen-bond donors (Lipinski definition) is 1.